The van der Waals surface area contributed by atoms with Gasteiger partial charge in [-0.05, 0) is 36.8 Å². The predicted molar refractivity (Wildman–Crippen MR) is 67.0 cm³/mol. The van der Waals surface area contributed by atoms with E-state index in [1.165, 1.54) is 0 Å². The average Bonchev–Trinajstić information content (AvgIpc) is 2.49. The van der Waals surface area contributed by atoms with E-state index in [-0.39, 0.29) is 0 Å². The summed E-state index contributed by atoms with van der Waals surface area (Å²) in [5.41, 5.74) is 7.76. The van der Waals surface area contributed by atoms with Gasteiger partial charge < -0.3 is 5.73 Å². The summed E-state index contributed by atoms with van der Waals surface area (Å²) in [5.74, 6) is 0. The third-order valence-corrected chi connectivity index (χ3v) is 4.88. The van der Waals surface area contributed by atoms with Gasteiger partial charge in [-0.15, -0.1) is 0 Å². The van der Waals surface area contributed by atoms with Crippen LogP contribution in [0.1, 0.15) is 12.5 Å². The van der Waals surface area contributed by atoms with Gasteiger partial charge >= 0.3 is 0 Å². The van der Waals surface area contributed by atoms with Crippen molar-refractivity contribution in [3.05, 3.63) is 34.9 Å². The Morgan fingerprint density at radius 3 is 2.82 bits per heavy atom. The van der Waals surface area contributed by atoms with Crippen LogP contribution in [0.25, 0.3) is 17.0 Å². The normalized spacial score (nSPS) is 16.9. The quantitative estimate of drug-likeness (QED) is 0.771. The molecular formula is C12H10N2O2S. The highest BCUT2D eigenvalue weighted by molar-refractivity contribution is 7.95. The highest BCUT2D eigenvalue weighted by Crippen LogP contribution is 2.35. The van der Waals surface area contributed by atoms with Crippen molar-refractivity contribution in [1.82, 2.24) is 4.98 Å². The summed E-state index contributed by atoms with van der Waals surface area (Å²) in [4.78, 5) is 4.87. The number of sulfone groups is 1. The summed E-state index contributed by atoms with van der Waals surface area (Å²) in [6, 6.07) is 5.03. The molecule has 0 bridgehead atoms. The van der Waals surface area contributed by atoms with Crippen molar-refractivity contribution in [2.24, 2.45) is 0 Å². The third-order valence-electron chi connectivity index (χ3n) is 2.98. The minimum absolute atomic E-state index is 0.321. The number of nitrogens with two attached hydrogens (primary N) is 1. The number of allylic oxidation sites excluding steroid dienone is 1. The Bertz CT molecular complexity index is 776. The van der Waals surface area contributed by atoms with Crippen LogP contribution in [0.2, 0.25) is 0 Å². The SMILES string of the molecule is CC1=Cc2cc3nccc(N)c3cc2S1(=O)=O. The van der Waals surface area contributed by atoms with Crippen molar-refractivity contribution in [1.29, 1.82) is 0 Å². The van der Waals surface area contributed by atoms with Crippen LogP contribution in [0, 0.1) is 0 Å². The first kappa shape index (κ1) is 10.3. The van der Waals surface area contributed by atoms with Crippen LogP contribution in [0.15, 0.2) is 34.2 Å². The highest BCUT2D eigenvalue weighted by atomic mass is 32.2. The van der Waals surface area contributed by atoms with Gasteiger partial charge in [-0.25, -0.2) is 8.42 Å². The van der Waals surface area contributed by atoms with Gasteiger partial charge in [-0.2, -0.15) is 0 Å². The Balaban J connectivity index is 2.47. The van der Waals surface area contributed by atoms with Crippen LogP contribution in [0.4, 0.5) is 5.69 Å². The second kappa shape index (κ2) is 3.07. The molecule has 0 fully saturated rings. The van der Waals surface area contributed by atoms with E-state index in [2.05, 4.69) is 4.98 Å². The summed E-state index contributed by atoms with van der Waals surface area (Å²) in [7, 11) is -3.31. The maximum absolute atomic E-state index is 12.0. The molecule has 17 heavy (non-hydrogen) atoms. The fourth-order valence-electron chi connectivity index (χ4n) is 2.03. The van der Waals surface area contributed by atoms with Crippen molar-refractivity contribution < 1.29 is 8.42 Å². The van der Waals surface area contributed by atoms with Crippen LogP contribution >= 0.6 is 0 Å². The molecule has 0 saturated carbocycles. The van der Waals surface area contributed by atoms with E-state index in [9.17, 15) is 8.42 Å². The third kappa shape index (κ3) is 1.29. The minimum atomic E-state index is -3.31. The minimum Gasteiger partial charge on any atom is -0.398 e. The van der Waals surface area contributed by atoms with E-state index >= 15 is 0 Å². The molecule has 2 heterocycles. The molecule has 0 amide bonds. The maximum Gasteiger partial charge on any atom is 0.203 e. The van der Waals surface area contributed by atoms with E-state index in [1.807, 2.05) is 0 Å². The van der Waals surface area contributed by atoms with Gasteiger partial charge in [0.25, 0.3) is 0 Å². The molecule has 1 aliphatic heterocycles. The Labute approximate surface area is 98.7 Å². The van der Waals surface area contributed by atoms with Gasteiger partial charge in [0.2, 0.25) is 9.84 Å². The lowest BCUT2D eigenvalue weighted by atomic mass is 10.1. The van der Waals surface area contributed by atoms with E-state index in [4.69, 9.17) is 5.73 Å². The molecule has 0 spiro atoms. The Morgan fingerprint density at radius 1 is 1.29 bits per heavy atom. The number of nitrogens with zero attached hydrogens (tertiary/aromatic N) is 1. The number of anilines is 1. The molecule has 0 saturated heterocycles. The summed E-state index contributed by atoms with van der Waals surface area (Å²) in [5, 5.41) is 0.679. The van der Waals surface area contributed by atoms with Crippen LogP contribution in [0.5, 0.6) is 0 Å². The maximum atomic E-state index is 12.0. The van der Waals surface area contributed by atoms with E-state index in [0.29, 0.717) is 32.0 Å². The number of benzene rings is 1. The molecule has 0 radical (unpaired) electrons. The Kier molecular flexibility index (Phi) is 1.86. The molecular weight excluding hydrogens is 236 g/mol. The first-order valence-electron chi connectivity index (χ1n) is 5.12. The molecule has 0 atom stereocenters. The van der Waals surface area contributed by atoms with E-state index in [0.717, 1.165) is 0 Å². The number of pyridine rings is 1. The zero-order chi connectivity index (χ0) is 12.2. The topological polar surface area (TPSA) is 73.0 Å². The lowest BCUT2D eigenvalue weighted by Crippen LogP contribution is -1.99. The molecule has 0 aliphatic carbocycles. The average molecular weight is 246 g/mol. The molecule has 0 unspecified atom stereocenters. The van der Waals surface area contributed by atoms with Crippen molar-refractivity contribution in [2.75, 3.05) is 5.73 Å². The number of hydrogen-bond acceptors (Lipinski definition) is 4. The summed E-state index contributed by atoms with van der Waals surface area (Å²) < 4.78 is 24.0. The van der Waals surface area contributed by atoms with Gasteiger partial charge in [0.15, 0.2) is 0 Å². The summed E-state index contributed by atoms with van der Waals surface area (Å²) in [6.07, 6.45) is 3.28. The molecule has 2 aromatic rings. The van der Waals surface area contributed by atoms with Gasteiger partial charge in [-0.3, -0.25) is 4.98 Å². The molecule has 5 heteroatoms. The predicted octanol–water partition coefficient (Wildman–Crippen LogP) is 1.97. The van der Waals surface area contributed by atoms with Crippen LogP contribution < -0.4 is 5.73 Å². The molecule has 2 N–H and O–H groups in total. The van der Waals surface area contributed by atoms with Crippen LogP contribution in [-0.2, 0) is 9.84 Å². The first-order valence-corrected chi connectivity index (χ1v) is 6.60. The largest absolute Gasteiger partial charge is 0.398 e. The van der Waals surface area contributed by atoms with Crippen molar-refractivity contribution >= 4 is 32.5 Å². The molecule has 4 nitrogen and oxygen atoms in total. The van der Waals surface area contributed by atoms with Gasteiger partial charge in [0.1, 0.15) is 0 Å². The molecule has 86 valence electrons. The van der Waals surface area contributed by atoms with Crippen LogP contribution in [0.3, 0.4) is 0 Å². The molecule has 1 aromatic heterocycles. The Morgan fingerprint density at radius 2 is 2.06 bits per heavy atom. The second-order valence-electron chi connectivity index (χ2n) is 4.07. The fraction of sp³-hybridized carbons (Fsp3) is 0.0833. The molecule has 3 rings (SSSR count). The summed E-state index contributed by atoms with van der Waals surface area (Å²) >= 11 is 0. The lowest BCUT2D eigenvalue weighted by molar-refractivity contribution is 0.603. The van der Waals surface area contributed by atoms with Crippen molar-refractivity contribution in [3.8, 4) is 0 Å². The lowest BCUT2D eigenvalue weighted by Gasteiger charge is -2.04. The first-order chi connectivity index (χ1) is 8.00. The van der Waals surface area contributed by atoms with Gasteiger partial charge in [-0.1, -0.05) is 0 Å². The zero-order valence-electron chi connectivity index (χ0n) is 9.14. The van der Waals surface area contributed by atoms with E-state index in [1.54, 1.807) is 37.4 Å². The van der Waals surface area contributed by atoms with Crippen molar-refractivity contribution in [2.45, 2.75) is 11.8 Å². The molecule has 1 aromatic carbocycles. The highest BCUT2D eigenvalue weighted by Gasteiger charge is 2.27. The number of hydrogen-bond donors (Lipinski definition) is 1. The number of nitrogen functional groups attached to an aromatic ring is 1. The number of rotatable bonds is 0. The Hall–Kier alpha value is -1.88. The smallest absolute Gasteiger partial charge is 0.203 e. The monoisotopic (exact) mass is 246 g/mol. The van der Waals surface area contributed by atoms with E-state index < -0.39 is 9.84 Å². The number of aromatic nitrogens is 1. The standard InChI is InChI=1S/C12H10N2O2S/c1-7-4-8-5-11-9(10(13)2-3-14-11)6-12(8)17(7,15)16/h2-6H,1H3,(H2,13,14). The van der Waals surface area contributed by atoms with Crippen molar-refractivity contribution in [3.63, 3.8) is 0 Å². The summed E-state index contributed by atoms with van der Waals surface area (Å²) in [6.45, 7) is 1.59. The van der Waals surface area contributed by atoms with Gasteiger partial charge in [0.05, 0.1) is 10.4 Å². The molecule has 1 aliphatic rings. The van der Waals surface area contributed by atoms with Crippen LogP contribution in [-0.4, -0.2) is 13.4 Å². The number of fused-ring (bicyclic) bond motifs is 2. The zero-order valence-corrected chi connectivity index (χ0v) is 9.95. The second-order valence-corrected chi connectivity index (χ2v) is 6.16. The fourth-order valence-corrected chi connectivity index (χ4v) is 3.36. The van der Waals surface area contributed by atoms with Gasteiger partial charge in [0, 0.05) is 22.2 Å².